The summed E-state index contributed by atoms with van der Waals surface area (Å²) in [4.78, 5) is 28.0. The summed E-state index contributed by atoms with van der Waals surface area (Å²) in [5.41, 5.74) is 2.07. The van der Waals surface area contributed by atoms with E-state index >= 15 is 0 Å². The molecule has 1 amide bonds. The molecule has 1 saturated heterocycles. The first-order chi connectivity index (χ1) is 12.5. The molecule has 3 heterocycles. The van der Waals surface area contributed by atoms with Gasteiger partial charge in [-0.05, 0) is 37.7 Å². The van der Waals surface area contributed by atoms with E-state index in [-0.39, 0.29) is 17.5 Å². The summed E-state index contributed by atoms with van der Waals surface area (Å²) in [6.07, 6.45) is 3.76. The van der Waals surface area contributed by atoms with Crippen molar-refractivity contribution in [3.05, 3.63) is 51.7 Å². The van der Waals surface area contributed by atoms with Crippen molar-refractivity contribution < 1.29 is 4.79 Å². The van der Waals surface area contributed by atoms with Crippen molar-refractivity contribution in [2.24, 2.45) is 5.92 Å². The van der Waals surface area contributed by atoms with Gasteiger partial charge in [0.2, 0.25) is 5.91 Å². The number of fused-ring (bicyclic) bond motifs is 1. The molecule has 6 nitrogen and oxygen atoms in total. The van der Waals surface area contributed by atoms with Crippen LogP contribution < -0.4 is 5.69 Å². The van der Waals surface area contributed by atoms with E-state index in [0.717, 1.165) is 50.2 Å². The molecule has 0 radical (unpaired) electrons. The highest BCUT2D eigenvalue weighted by molar-refractivity contribution is 5.81. The van der Waals surface area contributed by atoms with E-state index in [2.05, 4.69) is 12.0 Å². The molecule has 0 N–H and O–H groups in total. The number of nitrogens with zero attached hydrogens (tertiary/aromatic N) is 4. The van der Waals surface area contributed by atoms with Gasteiger partial charge in [-0.3, -0.25) is 9.36 Å². The monoisotopic (exact) mass is 354 g/mol. The zero-order chi connectivity index (χ0) is 18.3. The van der Waals surface area contributed by atoms with Gasteiger partial charge in [0.25, 0.3) is 0 Å². The van der Waals surface area contributed by atoms with Gasteiger partial charge in [0.15, 0.2) is 0 Å². The van der Waals surface area contributed by atoms with Crippen LogP contribution in [0.1, 0.15) is 49.2 Å². The second kappa shape index (κ2) is 6.74. The lowest BCUT2D eigenvalue weighted by Gasteiger charge is -2.31. The van der Waals surface area contributed by atoms with Gasteiger partial charge in [-0.2, -0.15) is 5.10 Å². The lowest BCUT2D eigenvalue weighted by molar-refractivity contribution is -0.135. The van der Waals surface area contributed by atoms with Gasteiger partial charge >= 0.3 is 5.69 Å². The molecule has 2 atom stereocenters. The molecule has 1 fully saturated rings. The summed E-state index contributed by atoms with van der Waals surface area (Å²) in [7, 11) is 0. The van der Waals surface area contributed by atoms with Gasteiger partial charge in [-0.25, -0.2) is 9.48 Å². The van der Waals surface area contributed by atoms with Crippen molar-refractivity contribution in [2.75, 3.05) is 13.1 Å². The number of carbonyl (C=O) groups excluding carboxylic acids is 1. The maximum Gasteiger partial charge on any atom is 0.347 e. The maximum absolute atomic E-state index is 13.1. The summed E-state index contributed by atoms with van der Waals surface area (Å²) in [6, 6.07) is 7.72. The summed E-state index contributed by atoms with van der Waals surface area (Å²) in [5, 5.41) is 4.56. The third kappa shape index (κ3) is 2.97. The van der Waals surface area contributed by atoms with Crippen molar-refractivity contribution in [3.63, 3.8) is 0 Å². The number of likely N-dealkylation sites (tertiary alicyclic amines) is 1. The number of hydrogen-bond donors (Lipinski definition) is 0. The van der Waals surface area contributed by atoms with Gasteiger partial charge in [-0.15, -0.1) is 0 Å². The summed E-state index contributed by atoms with van der Waals surface area (Å²) < 4.78 is 3.19. The number of rotatable bonds is 3. The lowest BCUT2D eigenvalue weighted by Crippen LogP contribution is -2.44. The van der Waals surface area contributed by atoms with Crippen molar-refractivity contribution in [1.82, 2.24) is 19.2 Å². The minimum absolute atomic E-state index is 0.0907. The Morgan fingerprint density at radius 3 is 2.58 bits per heavy atom. The quantitative estimate of drug-likeness (QED) is 0.848. The second-order valence-corrected chi connectivity index (χ2v) is 7.71. The minimum atomic E-state index is -0.406. The van der Waals surface area contributed by atoms with Crippen LogP contribution in [0.2, 0.25) is 0 Å². The molecular formula is C20H26N4O2. The van der Waals surface area contributed by atoms with E-state index in [0.29, 0.717) is 6.54 Å². The molecule has 138 valence electrons. The first kappa shape index (κ1) is 17.1. The molecule has 0 aliphatic carbocycles. The van der Waals surface area contributed by atoms with Crippen molar-refractivity contribution in [1.29, 1.82) is 0 Å². The van der Waals surface area contributed by atoms with Crippen LogP contribution in [0.15, 0.2) is 29.1 Å². The molecule has 2 aliphatic rings. The largest absolute Gasteiger partial charge is 0.347 e. The van der Waals surface area contributed by atoms with E-state index in [1.807, 2.05) is 36.1 Å². The summed E-state index contributed by atoms with van der Waals surface area (Å²) >= 11 is 0. The molecule has 0 unspecified atom stereocenters. The molecule has 0 bridgehead atoms. The fraction of sp³-hybridized carbons (Fsp3) is 0.550. The SMILES string of the molecule is Cc1ccc(Cn2nc3n(c2=O)[C@@H](C(=O)N2CCCC2)[C@H](C)CC3)cc1. The zero-order valence-electron chi connectivity index (χ0n) is 15.5. The van der Waals surface area contributed by atoms with Crippen molar-refractivity contribution in [3.8, 4) is 0 Å². The van der Waals surface area contributed by atoms with Gasteiger partial charge in [0.1, 0.15) is 11.9 Å². The number of benzene rings is 1. The van der Waals surface area contributed by atoms with Crippen LogP contribution in [0, 0.1) is 12.8 Å². The van der Waals surface area contributed by atoms with Crippen LogP contribution in [0.5, 0.6) is 0 Å². The van der Waals surface area contributed by atoms with Gasteiger partial charge in [0, 0.05) is 19.5 Å². The van der Waals surface area contributed by atoms with Gasteiger partial charge in [0.05, 0.1) is 6.54 Å². The number of hydrogen-bond acceptors (Lipinski definition) is 3. The molecule has 2 aliphatic heterocycles. The Kier molecular flexibility index (Phi) is 4.42. The fourth-order valence-corrected chi connectivity index (χ4v) is 4.13. The zero-order valence-corrected chi connectivity index (χ0v) is 15.5. The van der Waals surface area contributed by atoms with Crippen LogP contribution in [0.4, 0.5) is 0 Å². The molecule has 0 spiro atoms. The molecule has 0 saturated carbocycles. The first-order valence-corrected chi connectivity index (χ1v) is 9.57. The van der Waals surface area contributed by atoms with E-state index in [1.54, 1.807) is 4.57 Å². The molecule has 1 aromatic carbocycles. The standard InChI is InChI=1S/C20H26N4O2/c1-14-5-8-16(9-6-14)13-23-20(26)24-17(21-23)10-7-15(2)18(24)19(25)22-11-3-4-12-22/h5-6,8-9,15,18H,3-4,7,10-13H2,1-2H3/t15-,18-/m1/s1. The molecule has 4 rings (SSSR count). The average Bonchev–Trinajstić information content (AvgIpc) is 3.26. The van der Waals surface area contributed by atoms with E-state index in [4.69, 9.17) is 0 Å². The Morgan fingerprint density at radius 1 is 1.19 bits per heavy atom. The predicted molar refractivity (Wildman–Crippen MR) is 99.1 cm³/mol. The topological polar surface area (TPSA) is 60.1 Å². The van der Waals surface area contributed by atoms with Crippen LogP contribution >= 0.6 is 0 Å². The molecule has 26 heavy (non-hydrogen) atoms. The Labute approximate surface area is 153 Å². The van der Waals surface area contributed by atoms with E-state index in [1.165, 1.54) is 10.2 Å². The van der Waals surface area contributed by atoms with Crippen molar-refractivity contribution in [2.45, 2.75) is 52.1 Å². The smallest absolute Gasteiger partial charge is 0.341 e. The summed E-state index contributed by atoms with van der Waals surface area (Å²) in [5.74, 6) is 0.996. The Balaban J connectivity index is 1.67. The number of aryl methyl sites for hydroxylation is 2. The van der Waals surface area contributed by atoms with Crippen LogP contribution in [-0.2, 0) is 17.8 Å². The fourth-order valence-electron chi connectivity index (χ4n) is 4.13. The third-order valence-corrected chi connectivity index (χ3v) is 5.71. The lowest BCUT2D eigenvalue weighted by atomic mass is 9.91. The number of carbonyl (C=O) groups is 1. The number of aromatic nitrogens is 3. The highest BCUT2D eigenvalue weighted by atomic mass is 16.2. The molecule has 2 aromatic rings. The third-order valence-electron chi connectivity index (χ3n) is 5.71. The Hall–Kier alpha value is -2.37. The molecule has 1 aromatic heterocycles. The average molecular weight is 354 g/mol. The number of amides is 1. The van der Waals surface area contributed by atoms with Crippen LogP contribution in [0.3, 0.4) is 0 Å². The highest BCUT2D eigenvalue weighted by Gasteiger charge is 2.38. The normalized spacial score (nSPS) is 22.5. The van der Waals surface area contributed by atoms with Crippen LogP contribution in [-0.4, -0.2) is 38.2 Å². The Bertz CT molecular complexity index is 859. The van der Waals surface area contributed by atoms with Gasteiger partial charge in [-0.1, -0.05) is 36.8 Å². The van der Waals surface area contributed by atoms with Gasteiger partial charge < -0.3 is 4.90 Å². The predicted octanol–water partition coefficient (Wildman–Crippen LogP) is 2.15. The highest BCUT2D eigenvalue weighted by Crippen LogP contribution is 2.30. The maximum atomic E-state index is 13.1. The van der Waals surface area contributed by atoms with E-state index in [9.17, 15) is 9.59 Å². The minimum Gasteiger partial charge on any atom is -0.341 e. The molecule has 6 heteroatoms. The van der Waals surface area contributed by atoms with Crippen LogP contribution in [0.25, 0.3) is 0 Å². The first-order valence-electron chi connectivity index (χ1n) is 9.57. The second-order valence-electron chi connectivity index (χ2n) is 7.71. The van der Waals surface area contributed by atoms with E-state index < -0.39 is 6.04 Å². The molecular weight excluding hydrogens is 328 g/mol. The Morgan fingerprint density at radius 2 is 1.88 bits per heavy atom. The van der Waals surface area contributed by atoms with Crippen molar-refractivity contribution >= 4 is 5.91 Å². The summed E-state index contributed by atoms with van der Waals surface area (Å²) in [6.45, 7) is 6.18.